The van der Waals surface area contributed by atoms with Crippen LogP contribution >= 0.6 is 0 Å². The number of rotatable bonds is 8. The number of hydrogen-bond acceptors (Lipinski definition) is 3. The first-order valence-corrected chi connectivity index (χ1v) is 9.42. The number of piperidine rings is 1. The Hall–Kier alpha value is -2.17. The standard InChI is InChI=1S/C22H27NO3/c24-21(25)12-7-15-23-16-13-20(14-17-23)26-22(18-8-3-1-4-9-18)19-10-5-2-6-11-19/h1-6,8-11,20,22H,7,12-17H2,(H,24,25). The van der Waals surface area contributed by atoms with E-state index in [0.717, 1.165) is 38.9 Å². The summed E-state index contributed by atoms with van der Waals surface area (Å²) in [5.41, 5.74) is 2.37. The van der Waals surface area contributed by atoms with Gasteiger partial charge >= 0.3 is 5.97 Å². The molecule has 0 aromatic heterocycles. The van der Waals surface area contributed by atoms with Gasteiger partial charge in [-0.2, -0.15) is 0 Å². The monoisotopic (exact) mass is 353 g/mol. The molecule has 138 valence electrons. The van der Waals surface area contributed by atoms with Crippen LogP contribution in [0, 0.1) is 0 Å². The highest BCUT2D eigenvalue weighted by Crippen LogP contribution is 2.29. The van der Waals surface area contributed by atoms with Gasteiger partial charge in [-0.05, 0) is 36.9 Å². The van der Waals surface area contributed by atoms with Crippen LogP contribution < -0.4 is 0 Å². The Morgan fingerprint density at radius 2 is 1.54 bits per heavy atom. The number of carbonyl (C=O) groups is 1. The second kappa shape index (κ2) is 9.51. The number of likely N-dealkylation sites (tertiary alicyclic amines) is 1. The van der Waals surface area contributed by atoms with Crippen LogP contribution in [0.25, 0.3) is 0 Å². The number of aliphatic carboxylic acids is 1. The molecule has 26 heavy (non-hydrogen) atoms. The molecule has 0 spiro atoms. The Balaban J connectivity index is 1.58. The third-order valence-corrected chi connectivity index (χ3v) is 4.93. The van der Waals surface area contributed by atoms with E-state index < -0.39 is 5.97 Å². The van der Waals surface area contributed by atoms with Gasteiger partial charge in [0.1, 0.15) is 6.10 Å². The van der Waals surface area contributed by atoms with E-state index in [2.05, 4.69) is 53.4 Å². The first-order valence-electron chi connectivity index (χ1n) is 9.42. The Morgan fingerprint density at radius 3 is 2.04 bits per heavy atom. The fraction of sp³-hybridized carbons (Fsp3) is 0.409. The fourth-order valence-corrected chi connectivity index (χ4v) is 3.52. The molecule has 0 radical (unpaired) electrons. The van der Waals surface area contributed by atoms with Crippen LogP contribution in [0.2, 0.25) is 0 Å². The Kier molecular flexibility index (Phi) is 6.81. The predicted molar refractivity (Wildman–Crippen MR) is 102 cm³/mol. The van der Waals surface area contributed by atoms with Gasteiger partial charge < -0.3 is 14.7 Å². The van der Waals surface area contributed by atoms with E-state index in [1.54, 1.807) is 0 Å². The molecule has 4 nitrogen and oxygen atoms in total. The van der Waals surface area contributed by atoms with Crippen molar-refractivity contribution in [2.75, 3.05) is 19.6 Å². The van der Waals surface area contributed by atoms with Crippen molar-refractivity contribution in [3.63, 3.8) is 0 Å². The summed E-state index contributed by atoms with van der Waals surface area (Å²) in [5.74, 6) is -0.711. The maximum Gasteiger partial charge on any atom is 0.303 e. The molecule has 2 aromatic carbocycles. The molecule has 2 aromatic rings. The van der Waals surface area contributed by atoms with E-state index in [0.29, 0.717) is 0 Å². The Morgan fingerprint density at radius 1 is 1.00 bits per heavy atom. The SMILES string of the molecule is O=C(O)CCCN1CCC(OC(c2ccccc2)c2ccccc2)CC1. The van der Waals surface area contributed by atoms with Gasteiger partial charge in [0.05, 0.1) is 6.10 Å². The summed E-state index contributed by atoms with van der Waals surface area (Å²) in [7, 11) is 0. The first kappa shape index (κ1) is 18.6. The maximum atomic E-state index is 10.6. The van der Waals surface area contributed by atoms with E-state index in [4.69, 9.17) is 9.84 Å². The van der Waals surface area contributed by atoms with Crippen molar-refractivity contribution in [3.8, 4) is 0 Å². The van der Waals surface area contributed by atoms with Crippen LogP contribution in [0.15, 0.2) is 60.7 Å². The van der Waals surface area contributed by atoms with Crippen molar-refractivity contribution in [2.45, 2.75) is 37.9 Å². The minimum Gasteiger partial charge on any atom is -0.481 e. The molecular formula is C22H27NO3. The first-order chi connectivity index (χ1) is 12.7. The summed E-state index contributed by atoms with van der Waals surface area (Å²) in [6, 6.07) is 20.8. The summed E-state index contributed by atoms with van der Waals surface area (Å²) in [6.45, 7) is 2.81. The fourth-order valence-electron chi connectivity index (χ4n) is 3.52. The summed E-state index contributed by atoms with van der Waals surface area (Å²) in [5, 5.41) is 8.76. The highest BCUT2D eigenvalue weighted by molar-refractivity contribution is 5.66. The van der Waals surface area contributed by atoms with E-state index in [1.165, 1.54) is 11.1 Å². The molecule has 4 heteroatoms. The molecule has 1 saturated heterocycles. The summed E-state index contributed by atoms with van der Waals surface area (Å²) in [4.78, 5) is 13.0. The van der Waals surface area contributed by atoms with E-state index in [-0.39, 0.29) is 18.6 Å². The van der Waals surface area contributed by atoms with Gasteiger partial charge in [0.2, 0.25) is 0 Å². The maximum absolute atomic E-state index is 10.6. The van der Waals surface area contributed by atoms with Crippen LogP contribution in [-0.4, -0.2) is 41.7 Å². The van der Waals surface area contributed by atoms with E-state index in [9.17, 15) is 4.79 Å². The molecule has 1 N–H and O–H groups in total. The normalized spacial score (nSPS) is 16.0. The van der Waals surface area contributed by atoms with E-state index >= 15 is 0 Å². The summed E-state index contributed by atoms with van der Waals surface area (Å²) < 4.78 is 6.53. The lowest BCUT2D eigenvalue weighted by Gasteiger charge is -2.34. The average Bonchev–Trinajstić information content (AvgIpc) is 2.68. The molecule has 3 rings (SSSR count). The highest BCUT2D eigenvalue weighted by atomic mass is 16.5. The second-order valence-electron chi connectivity index (χ2n) is 6.88. The van der Waals surface area contributed by atoms with Gasteiger partial charge in [0.25, 0.3) is 0 Å². The van der Waals surface area contributed by atoms with Crippen LogP contribution in [0.3, 0.4) is 0 Å². The second-order valence-corrected chi connectivity index (χ2v) is 6.88. The zero-order valence-corrected chi connectivity index (χ0v) is 15.1. The molecule has 1 aliphatic heterocycles. The minimum absolute atomic E-state index is 0.0408. The number of carboxylic acids is 1. The third kappa shape index (κ3) is 5.41. The van der Waals surface area contributed by atoms with Crippen LogP contribution in [0.1, 0.15) is 42.9 Å². The number of nitrogens with zero attached hydrogens (tertiary/aromatic N) is 1. The molecule has 0 amide bonds. The number of ether oxygens (including phenoxy) is 1. The zero-order chi connectivity index (χ0) is 18.2. The zero-order valence-electron chi connectivity index (χ0n) is 15.1. The highest BCUT2D eigenvalue weighted by Gasteiger charge is 2.24. The lowest BCUT2D eigenvalue weighted by Crippen LogP contribution is -2.38. The van der Waals surface area contributed by atoms with Crippen molar-refractivity contribution in [1.82, 2.24) is 4.90 Å². The van der Waals surface area contributed by atoms with Gasteiger partial charge in [0.15, 0.2) is 0 Å². The minimum atomic E-state index is -0.711. The average molecular weight is 353 g/mol. The van der Waals surface area contributed by atoms with Crippen LogP contribution in [0.5, 0.6) is 0 Å². The molecular weight excluding hydrogens is 326 g/mol. The van der Waals surface area contributed by atoms with Gasteiger partial charge in [-0.3, -0.25) is 4.79 Å². The lowest BCUT2D eigenvalue weighted by molar-refractivity contribution is -0.137. The van der Waals surface area contributed by atoms with Crippen molar-refractivity contribution in [1.29, 1.82) is 0 Å². The molecule has 1 heterocycles. The van der Waals surface area contributed by atoms with Crippen molar-refractivity contribution in [2.24, 2.45) is 0 Å². The molecule has 1 fully saturated rings. The van der Waals surface area contributed by atoms with Gasteiger partial charge in [-0.25, -0.2) is 0 Å². The molecule has 0 unspecified atom stereocenters. The Labute approximate surface area is 155 Å². The summed E-state index contributed by atoms with van der Waals surface area (Å²) in [6.07, 6.45) is 3.14. The molecule has 0 bridgehead atoms. The smallest absolute Gasteiger partial charge is 0.303 e. The lowest BCUT2D eigenvalue weighted by atomic mass is 10.00. The number of carboxylic acid groups (broad SMARTS) is 1. The summed E-state index contributed by atoms with van der Waals surface area (Å²) >= 11 is 0. The van der Waals surface area contributed by atoms with Gasteiger partial charge in [0, 0.05) is 19.5 Å². The number of benzene rings is 2. The molecule has 0 atom stereocenters. The van der Waals surface area contributed by atoms with Crippen LogP contribution in [0.4, 0.5) is 0 Å². The van der Waals surface area contributed by atoms with Crippen molar-refractivity contribution >= 4 is 5.97 Å². The van der Waals surface area contributed by atoms with Crippen molar-refractivity contribution in [3.05, 3.63) is 71.8 Å². The molecule has 1 aliphatic rings. The largest absolute Gasteiger partial charge is 0.481 e. The molecule has 0 aliphatic carbocycles. The van der Waals surface area contributed by atoms with Gasteiger partial charge in [-0.1, -0.05) is 60.7 Å². The molecule has 0 saturated carbocycles. The predicted octanol–water partition coefficient (Wildman–Crippen LogP) is 4.12. The van der Waals surface area contributed by atoms with Gasteiger partial charge in [-0.15, -0.1) is 0 Å². The topological polar surface area (TPSA) is 49.8 Å². The number of hydrogen-bond donors (Lipinski definition) is 1. The van der Waals surface area contributed by atoms with Crippen molar-refractivity contribution < 1.29 is 14.6 Å². The van der Waals surface area contributed by atoms with Crippen LogP contribution in [-0.2, 0) is 9.53 Å². The van der Waals surface area contributed by atoms with E-state index in [1.807, 2.05) is 12.1 Å². The third-order valence-electron chi connectivity index (χ3n) is 4.93. The Bertz CT molecular complexity index is 627. The quantitative estimate of drug-likeness (QED) is 0.775.